The molecule has 0 N–H and O–H groups in total. The van der Waals surface area contributed by atoms with Crippen LogP contribution in [0.3, 0.4) is 0 Å². The average molecular weight is 187 g/mol. The number of hydrogen-bond acceptors (Lipinski definition) is 0. The normalized spacial score (nSPS) is 13.0. The number of rotatable bonds is 2. The monoisotopic (exact) mass is 186 g/mol. The lowest BCUT2D eigenvalue weighted by Gasteiger charge is -2.08. The fourth-order valence-electron chi connectivity index (χ4n) is 1.06. The Morgan fingerprint density at radius 1 is 1.50 bits per heavy atom. The van der Waals surface area contributed by atoms with Crippen molar-refractivity contribution in [3.63, 3.8) is 0 Å². The van der Waals surface area contributed by atoms with Crippen LogP contribution in [0.15, 0.2) is 18.2 Å². The van der Waals surface area contributed by atoms with Crippen LogP contribution in [-0.4, -0.2) is 6.67 Å². The predicted octanol–water partition coefficient (Wildman–Crippen LogP) is 3.72. The van der Waals surface area contributed by atoms with E-state index in [0.29, 0.717) is 0 Å². The van der Waals surface area contributed by atoms with Gasteiger partial charge in [0.2, 0.25) is 0 Å². The Labute approximate surface area is 77.4 Å². The molecule has 0 heterocycles. The topological polar surface area (TPSA) is 0 Å². The van der Waals surface area contributed by atoms with E-state index >= 15 is 0 Å². The van der Waals surface area contributed by atoms with Crippen molar-refractivity contribution in [1.29, 1.82) is 0 Å². The smallest absolute Gasteiger partial charge is 0.0960 e. The number of halogens is 2. The minimum atomic E-state index is -0.318. The quantitative estimate of drug-likeness (QED) is 0.661. The molecular weight excluding hydrogens is 175 g/mol. The predicted molar refractivity (Wildman–Crippen MR) is 50.6 cm³/mol. The number of aryl methyl sites for hydroxylation is 1. The molecule has 0 aliphatic carbocycles. The van der Waals surface area contributed by atoms with Gasteiger partial charge in [0.25, 0.3) is 0 Å². The highest BCUT2D eigenvalue weighted by Crippen LogP contribution is 2.21. The zero-order valence-corrected chi connectivity index (χ0v) is 8.03. The van der Waals surface area contributed by atoms with Crippen molar-refractivity contribution in [2.24, 2.45) is 0 Å². The molecule has 0 fully saturated rings. The van der Waals surface area contributed by atoms with E-state index in [9.17, 15) is 4.39 Å². The fraction of sp³-hybridized carbons (Fsp3) is 0.400. The SMILES string of the molecule is Cc1cc(C(C)CF)ccc1Cl. The first-order chi connectivity index (χ1) is 5.65. The van der Waals surface area contributed by atoms with Crippen molar-refractivity contribution in [3.8, 4) is 0 Å². The minimum Gasteiger partial charge on any atom is -0.250 e. The first kappa shape index (κ1) is 9.53. The number of alkyl halides is 1. The Balaban J connectivity index is 2.96. The van der Waals surface area contributed by atoms with Gasteiger partial charge in [0.15, 0.2) is 0 Å². The third-order valence-electron chi connectivity index (χ3n) is 1.98. The molecule has 66 valence electrons. The fourth-order valence-corrected chi connectivity index (χ4v) is 1.18. The highest BCUT2D eigenvalue weighted by Gasteiger charge is 2.05. The molecule has 0 radical (unpaired) electrons. The summed E-state index contributed by atoms with van der Waals surface area (Å²) in [6.45, 7) is 3.47. The first-order valence-corrected chi connectivity index (χ1v) is 4.35. The summed E-state index contributed by atoms with van der Waals surface area (Å²) < 4.78 is 12.3. The van der Waals surface area contributed by atoms with Gasteiger partial charge in [-0.2, -0.15) is 0 Å². The maximum absolute atomic E-state index is 12.3. The molecule has 2 heteroatoms. The summed E-state index contributed by atoms with van der Waals surface area (Å²) in [7, 11) is 0. The molecular formula is C10H12ClF. The molecule has 0 aliphatic heterocycles. The molecule has 1 unspecified atom stereocenters. The highest BCUT2D eigenvalue weighted by molar-refractivity contribution is 6.31. The van der Waals surface area contributed by atoms with Gasteiger partial charge in [-0.15, -0.1) is 0 Å². The summed E-state index contributed by atoms with van der Waals surface area (Å²) in [6, 6.07) is 5.63. The second kappa shape index (κ2) is 3.90. The largest absolute Gasteiger partial charge is 0.250 e. The summed E-state index contributed by atoms with van der Waals surface area (Å²) >= 11 is 5.83. The Hall–Kier alpha value is -0.560. The van der Waals surface area contributed by atoms with Gasteiger partial charge < -0.3 is 0 Å². The van der Waals surface area contributed by atoms with Crippen molar-refractivity contribution >= 4 is 11.6 Å². The minimum absolute atomic E-state index is 0.0269. The lowest BCUT2D eigenvalue weighted by Crippen LogP contribution is -1.95. The van der Waals surface area contributed by atoms with Crippen LogP contribution in [0.5, 0.6) is 0 Å². The Morgan fingerprint density at radius 2 is 2.17 bits per heavy atom. The molecule has 0 bridgehead atoms. The van der Waals surface area contributed by atoms with E-state index in [4.69, 9.17) is 11.6 Å². The van der Waals surface area contributed by atoms with Gasteiger partial charge in [0.1, 0.15) is 0 Å². The van der Waals surface area contributed by atoms with Gasteiger partial charge in [-0.25, -0.2) is 0 Å². The molecule has 1 aromatic rings. The van der Waals surface area contributed by atoms with Gasteiger partial charge in [-0.1, -0.05) is 30.7 Å². The molecule has 0 aromatic heterocycles. The zero-order valence-electron chi connectivity index (χ0n) is 7.27. The van der Waals surface area contributed by atoms with Gasteiger partial charge in [0, 0.05) is 10.9 Å². The zero-order chi connectivity index (χ0) is 9.14. The third-order valence-corrected chi connectivity index (χ3v) is 2.41. The molecule has 0 nitrogen and oxygen atoms in total. The molecule has 12 heavy (non-hydrogen) atoms. The van der Waals surface area contributed by atoms with Crippen LogP contribution >= 0.6 is 11.6 Å². The van der Waals surface area contributed by atoms with Crippen molar-refractivity contribution in [1.82, 2.24) is 0 Å². The van der Waals surface area contributed by atoms with E-state index in [-0.39, 0.29) is 12.6 Å². The maximum Gasteiger partial charge on any atom is 0.0960 e. The summed E-state index contributed by atoms with van der Waals surface area (Å²) in [5.41, 5.74) is 2.02. The van der Waals surface area contributed by atoms with Crippen molar-refractivity contribution in [2.75, 3.05) is 6.67 Å². The van der Waals surface area contributed by atoms with E-state index in [1.807, 2.05) is 32.0 Å². The first-order valence-electron chi connectivity index (χ1n) is 3.97. The van der Waals surface area contributed by atoms with Gasteiger partial charge >= 0.3 is 0 Å². The van der Waals surface area contributed by atoms with Crippen molar-refractivity contribution < 1.29 is 4.39 Å². The third kappa shape index (κ3) is 1.98. The molecule has 1 aromatic carbocycles. The molecule has 0 saturated heterocycles. The lowest BCUT2D eigenvalue weighted by atomic mass is 10.0. The lowest BCUT2D eigenvalue weighted by molar-refractivity contribution is 0.447. The molecule has 1 atom stereocenters. The summed E-state index contributed by atoms with van der Waals surface area (Å²) in [5.74, 6) is -0.0269. The van der Waals surface area contributed by atoms with E-state index in [1.165, 1.54) is 0 Å². The Kier molecular flexibility index (Phi) is 3.10. The van der Waals surface area contributed by atoms with Crippen LogP contribution < -0.4 is 0 Å². The molecule has 1 rings (SSSR count). The van der Waals surface area contributed by atoms with Crippen LogP contribution in [-0.2, 0) is 0 Å². The number of benzene rings is 1. The standard InChI is InChI=1S/C10H12ClF/c1-7-5-9(8(2)6-12)3-4-10(7)11/h3-5,8H,6H2,1-2H3. The summed E-state index contributed by atoms with van der Waals surface area (Å²) in [6.07, 6.45) is 0. The van der Waals surface area contributed by atoms with E-state index in [0.717, 1.165) is 16.1 Å². The van der Waals surface area contributed by atoms with Gasteiger partial charge in [-0.05, 0) is 24.1 Å². The highest BCUT2D eigenvalue weighted by atomic mass is 35.5. The van der Waals surface area contributed by atoms with Crippen LogP contribution in [0.2, 0.25) is 5.02 Å². The summed E-state index contributed by atoms with van der Waals surface area (Å²) in [4.78, 5) is 0. The van der Waals surface area contributed by atoms with Crippen LogP contribution in [0.25, 0.3) is 0 Å². The molecule has 0 saturated carbocycles. The molecule has 0 spiro atoms. The van der Waals surface area contributed by atoms with Crippen molar-refractivity contribution in [3.05, 3.63) is 34.3 Å². The van der Waals surface area contributed by atoms with E-state index in [2.05, 4.69) is 0 Å². The van der Waals surface area contributed by atoms with Crippen molar-refractivity contribution in [2.45, 2.75) is 19.8 Å². The second-order valence-corrected chi connectivity index (χ2v) is 3.47. The van der Waals surface area contributed by atoms with Gasteiger partial charge in [0.05, 0.1) is 6.67 Å². The second-order valence-electron chi connectivity index (χ2n) is 3.06. The maximum atomic E-state index is 12.3. The van der Waals surface area contributed by atoms with Crippen LogP contribution in [0.4, 0.5) is 4.39 Å². The van der Waals surface area contributed by atoms with E-state index in [1.54, 1.807) is 0 Å². The Morgan fingerprint density at radius 3 is 2.67 bits per heavy atom. The average Bonchev–Trinajstić information content (AvgIpc) is 2.08. The van der Waals surface area contributed by atoms with Crippen LogP contribution in [0, 0.1) is 6.92 Å². The summed E-state index contributed by atoms with van der Waals surface area (Å²) in [5, 5.41) is 0.741. The molecule has 0 amide bonds. The Bertz CT molecular complexity index is 271. The number of hydrogen-bond donors (Lipinski definition) is 0. The van der Waals surface area contributed by atoms with Crippen LogP contribution in [0.1, 0.15) is 24.0 Å². The molecule has 0 aliphatic rings. The van der Waals surface area contributed by atoms with E-state index < -0.39 is 0 Å². The van der Waals surface area contributed by atoms with Gasteiger partial charge in [-0.3, -0.25) is 4.39 Å².